The molecule has 0 bridgehead atoms. The fraction of sp³-hybridized carbons (Fsp3) is 0.333. The molecule has 7 nitrogen and oxygen atoms in total. The normalized spacial score (nSPS) is 16.6. The van der Waals surface area contributed by atoms with E-state index in [-0.39, 0.29) is 11.8 Å². The Morgan fingerprint density at radius 2 is 2.14 bits per heavy atom. The number of rotatable bonds is 5. The van der Waals surface area contributed by atoms with Gasteiger partial charge in [-0.1, -0.05) is 17.3 Å². The maximum atomic E-state index is 13.1. The summed E-state index contributed by atoms with van der Waals surface area (Å²) in [5.41, 5.74) is 1.40. The van der Waals surface area contributed by atoms with Crippen LogP contribution in [0.4, 0.5) is 0 Å². The number of piperidine rings is 1. The van der Waals surface area contributed by atoms with Crippen LogP contribution in [-0.4, -0.2) is 52.4 Å². The van der Waals surface area contributed by atoms with Crippen molar-refractivity contribution in [2.24, 2.45) is 0 Å². The highest BCUT2D eigenvalue weighted by atomic mass is 32.2. The summed E-state index contributed by atoms with van der Waals surface area (Å²) in [6.45, 7) is 1.28. The summed E-state index contributed by atoms with van der Waals surface area (Å²) in [5, 5.41) is 4.94. The second-order valence-corrected chi connectivity index (χ2v) is 7.60. The highest BCUT2D eigenvalue weighted by Crippen LogP contribution is 2.32. The summed E-state index contributed by atoms with van der Waals surface area (Å²) in [6.07, 6.45) is 5.44. The van der Waals surface area contributed by atoms with Gasteiger partial charge in [0.15, 0.2) is 5.82 Å². The molecule has 0 unspecified atom stereocenters. The number of thioether (sulfide) groups is 1. The zero-order valence-electron chi connectivity index (χ0n) is 16.4. The number of carbonyl (C=O) groups excluding carboxylic acids is 1. The Hall–Kier alpha value is -2.87. The molecule has 150 valence electrons. The predicted octanol–water partition coefficient (Wildman–Crippen LogP) is 3.88. The van der Waals surface area contributed by atoms with Crippen molar-refractivity contribution in [3.05, 3.63) is 54.0 Å². The van der Waals surface area contributed by atoms with Gasteiger partial charge in [-0.2, -0.15) is 4.98 Å². The van der Waals surface area contributed by atoms with E-state index in [4.69, 9.17) is 9.26 Å². The topological polar surface area (TPSA) is 81.4 Å². The first-order chi connectivity index (χ1) is 14.2. The third-order valence-corrected chi connectivity index (χ3v) is 5.76. The van der Waals surface area contributed by atoms with Crippen LogP contribution in [0, 0.1) is 0 Å². The zero-order valence-corrected chi connectivity index (χ0v) is 17.2. The number of aromatic nitrogens is 3. The first-order valence-electron chi connectivity index (χ1n) is 9.46. The van der Waals surface area contributed by atoms with E-state index in [1.165, 1.54) is 11.8 Å². The lowest BCUT2D eigenvalue weighted by molar-refractivity contribution is 0.0699. The van der Waals surface area contributed by atoms with Crippen LogP contribution in [0.2, 0.25) is 0 Å². The van der Waals surface area contributed by atoms with Crippen LogP contribution < -0.4 is 4.74 Å². The zero-order chi connectivity index (χ0) is 20.2. The van der Waals surface area contributed by atoms with E-state index in [0.29, 0.717) is 29.6 Å². The lowest BCUT2D eigenvalue weighted by atomic mass is 9.97. The van der Waals surface area contributed by atoms with Gasteiger partial charge < -0.3 is 14.2 Å². The monoisotopic (exact) mass is 410 g/mol. The molecule has 1 aromatic carbocycles. The minimum Gasteiger partial charge on any atom is -0.496 e. The highest BCUT2D eigenvalue weighted by molar-refractivity contribution is 7.98. The van der Waals surface area contributed by atoms with E-state index < -0.39 is 0 Å². The van der Waals surface area contributed by atoms with Crippen LogP contribution in [0.15, 0.2) is 52.1 Å². The number of amides is 1. The molecule has 0 N–H and O–H groups in total. The number of nitrogens with zero attached hydrogens (tertiary/aromatic N) is 4. The van der Waals surface area contributed by atoms with E-state index in [1.807, 2.05) is 41.5 Å². The molecule has 1 fully saturated rings. The van der Waals surface area contributed by atoms with Crippen LogP contribution in [-0.2, 0) is 0 Å². The fourth-order valence-electron chi connectivity index (χ4n) is 3.59. The summed E-state index contributed by atoms with van der Waals surface area (Å²) in [4.78, 5) is 23.8. The highest BCUT2D eigenvalue weighted by Gasteiger charge is 2.30. The van der Waals surface area contributed by atoms with Crippen molar-refractivity contribution in [1.29, 1.82) is 0 Å². The van der Waals surface area contributed by atoms with Gasteiger partial charge in [-0.05, 0) is 43.4 Å². The summed E-state index contributed by atoms with van der Waals surface area (Å²) in [6, 6.07) is 11.2. The molecule has 2 aromatic heterocycles. The van der Waals surface area contributed by atoms with Crippen LogP contribution in [0.5, 0.6) is 5.75 Å². The number of likely N-dealkylation sites (tertiary alicyclic amines) is 1. The molecule has 8 heteroatoms. The number of benzene rings is 1. The average Bonchev–Trinajstić information content (AvgIpc) is 3.29. The molecular formula is C21H22N4O3S. The van der Waals surface area contributed by atoms with Crippen molar-refractivity contribution in [3.8, 4) is 17.2 Å². The molecule has 0 aliphatic carbocycles. The molecule has 1 saturated heterocycles. The van der Waals surface area contributed by atoms with E-state index in [0.717, 1.165) is 30.0 Å². The van der Waals surface area contributed by atoms with E-state index in [1.54, 1.807) is 19.4 Å². The second-order valence-electron chi connectivity index (χ2n) is 6.81. The fourth-order valence-corrected chi connectivity index (χ4v) is 4.13. The van der Waals surface area contributed by atoms with Crippen molar-refractivity contribution < 1.29 is 14.1 Å². The Kier molecular flexibility index (Phi) is 5.80. The van der Waals surface area contributed by atoms with Gasteiger partial charge >= 0.3 is 0 Å². The van der Waals surface area contributed by atoms with Crippen LogP contribution in [0.3, 0.4) is 0 Å². The lowest BCUT2D eigenvalue weighted by Gasteiger charge is -2.31. The molecule has 29 heavy (non-hydrogen) atoms. The van der Waals surface area contributed by atoms with Gasteiger partial charge in [0.05, 0.1) is 18.2 Å². The number of ether oxygens (including phenoxy) is 1. The molecule has 0 saturated carbocycles. The van der Waals surface area contributed by atoms with Crippen molar-refractivity contribution in [2.45, 2.75) is 23.8 Å². The summed E-state index contributed by atoms with van der Waals surface area (Å²) >= 11 is 1.48. The van der Waals surface area contributed by atoms with Crippen molar-refractivity contribution >= 4 is 17.7 Å². The molecule has 3 aromatic rings. The summed E-state index contributed by atoms with van der Waals surface area (Å²) < 4.78 is 10.9. The van der Waals surface area contributed by atoms with Gasteiger partial charge in [0, 0.05) is 25.2 Å². The minimum absolute atomic E-state index is 0.000553. The van der Waals surface area contributed by atoms with Crippen molar-refractivity contribution in [2.75, 3.05) is 26.5 Å². The Balaban J connectivity index is 1.53. The molecule has 1 aliphatic heterocycles. The van der Waals surface area contributed by atoms with Crippen LogP contribution in [0.1, 0.15) is 34.9 Å². The third-order valence-electron chi connectivity index (χ3n) is 5.05. The maximum absolute atomic E-state index is 13.1. The number of pyridine rings is 1. The number of methoxy groups -OCH3 is 1. The van der Waals surface area contributed by atoms with E-state index in [9.17, 15) is 4.79 Å². The maximum Gasteiger partial charge on any atom is 0.261 e. The molecule has 0 spiro atoms. The van der Waals surface area contributed by atoms with Crippen LogP contribution >= 0.6 is 11.8 Å². The lowest BCUT2D eigenvalue weighted by Crippen LogP contribution is -2.39. The van der Waals surface area contributed by atoms with E-state index >= 15 is 0 Å². The van der Waals surface area contributed by atoms with E-state index in [2.05, 4.69) is 15.1 Å². The molecule has 1 atom stereocenters. The Morgan fingerprint density at radius 3 is 2.97 bits per heavy atom. The SMILES string of the molecule is COc1ccccc1-c1nc([C@H]2CCCN(C(=O)c3cccnc3SC)C2)no1. The molecule has 3 heterocycles. The van der Waals surface area contributed by atoms with Gasteiger partial charge in [0.2, 0.25) is 0 Å². The smallest absolute Gasteiger partial charge is 0.261 e. The quantitative estimate of drug-likeness (QED) is 0.590. The number of carbonyl (C=O) groups is 1. The molecule has 4 rings (SSSR count). The molecule has 0 radical (unpaired) electrons. The van der Waals surface area contributed by atoms with Crippen molar-refractivity contribution in [1.82, 2.24) is 20.0 Å². The van der Waals surface area contributed by atoms with Gasteiger partial charge in [0.1, 0.15) is 10.8 Å². The Morgan fingerprint density at radius 1 is 1.28 bits per heavy atom. The van der Waals surface area contributed by atoms with Crippen molar-refractivity contribution in [3.63, 3.8) is 0 Å². The predicted molar refractivity (Wildman–Crippen MR) is 110 cm³/mol. The Bertz CT molecular complexity index is 1010. The second kappa shape index (κ2) is 8.65. The number of para-hydroxylation sites is 1. The molecule has 1 amide bonds. The van der Waals surface area contributed by atoms with Crippen LogP contribution in [0.25, 0.3) is 11.5 Å². The largest absolute Gasteiger partial charge is 0.496 e. The van der Waals surface area contributed by atoms with Gasteiger partial charge in [-0.3, -0.25) is 4.79 Å². The third kappa shape index (κ3) is 3.98. The standard InChI is InChI=1S/C21H22N4O3S/c1-27-17-10-4-3-8-15(17)19-23-18(24-28-19)14-7-6-12-25(13-14)21(26)16-9-5-11-22-20(16)29-2/h3-5,8-11,14H,6-7,12-13H2,1-2H3/t14-/m0/s1. The average molecular weight is 410 g/mol. The summed E-state index contributed by atoms with van der Waals surface area (Å²) in [5.74, 6) is 1.77. The van der Waals surface area contributed by atoms with Gasteiger partial charge in [-0.15, -0.1) is 11.8 Å². The number of hydrogen-bond acceptors (Lipinski definition) is 7. The molecule has 1 aliphatic rings. The molecular weight excluding hydrogens is 388 g/mol. The van der Waals surface area contributed by atoms with Gasteiger partial charge in [-0.25, -0.2) is 4.98 Å². The first kappa shape index (κ1) is 19.4. The first-order valence-corrected chi connectivity index (χ1v) is 10.7. The summed E-state index contributed by atoms with van der Waals surface area (Å²) in [7, 11) is 1.61. The van der Waals surface area contributed by atoms with Gasteiger partial charge in [0.25, 0.3) is 11.8 Å². The number of hydrogen-bond donors (Lipinski definition) is 0. The Labute approximate surface area is 173 Å². The minimum atomic E-state index is 0.000553.